The molecule has 3 rings (SSSR count). The Morgan fingerprint density at radius 1 is 1.32 bits per heavy atom. The molecule has 0 radical (unpaired) electrons. The highest BCUT2D eigenvalue weighted by molar-refractivity contribution is 7.15. The third-order valence-corrected chi connectivity index (χ3v) is 3.93. The number of hydrogen-bond donors (Lipinski definition) is 1. The molecule has 0 aliphatic rings. The van der Waals surface area contributed by atoms with Gasteiger partial charge in [-0.25, -0.2) is 9.37 Å². The number of thiazole rings is 1. The highest BCUT2D eigenvalue weighted by atomic mass is 32.1. The minimum atomic E-state index is -0.261. The molecule has 2 heterocycles. The zero-order chi connectivity index (χ0) is 13.2. The van der Waals surface area contributed by atoms with Crippen LogP contribution in [0, 0.1) is 5.82 Å². The van der Waals surface area contributed by atoms with Crippen LogP contribution < -0.4 is 0 Å². The summed E-state index contributed by atoms with van der Waals surface area (Å²) in [6.45, 7) is 0.0246. The molecule has 1 N–H and O–H groups in total. The van der Waals surface area contributed by atoms with Crippen molar-refractivity contribution in [3.05, 3.63) is 59.1 Å². The maximum Gasteiger partial charge on any atom is 0.193 e. The van der Waals surface area contributed by atoms with Crippen molar-refractivity contribution in [2.45, 2.75) is 12.3 Å². The zero-order valence-corrected chi connectivity index (χ0v) is 11.0. The molecular formula is C14H13FN2OS. The van der Waals surface area contributed by atoms with Gasteiger partial charge in [0.25, 0.3) is 0 Å². The summed E-state index contributed by atoms with van der Waals surface area (Å²) in [5, 5.41) is 11.5. The Balaban J connectivity index is 1.83. The summed E-state index contributed by atoms with van der Waals surface area (Å²) >= 11 is 1.58. The predicted molar refractivity (Wildman–Crippen MR) is 73.0 cm³/mol. The van der Waals surface area contributed by atoms with E-state index in [1.807, 2.05) is 22.2 Å². The first-order valence-electron chi connectivity index (χ1n) is 6.03. The fourth-order valence-electron chi connectivity index (χ4n) is 2.15. The molecule has 2 aromatic heterocycles. The Bertz CT molecular complexity index is 646. The third-order valence-electron chi connectivity index (χ3n) is 3.16. The van der Waals surface area contributed by atoms with Gasteiger partial charge in [0.1, 0.15) is 5.82 Å². The summed E-state index contributed by atoms with van der Waals surface area (Å²) in [5.41, 5.74) is 1.87. The van der Waals surface area contributed by atoms with Gasteiger partial charge in [0.05, 0.1) is 12.3 Å². The molecule has 0 bridgehead atoms. The van der Waals surface area contributed by atoms with E-state index in [0.29, 0.717) is 6.42 Å². The summed E-state index contributed by atoms with van der Waals surface area (Å²) in [5.74, 6) is -0.312. The quantitative estimate of drug-likeness (QED) is 0.795. The van der Waals surface area contributed by atoms with Gasteiger partial charge < -0.3 is 5.11 Å². The van der Waals surface area contributed by atoms with Gasteiger partial charge >= 0.3 is 0 Å². The normalized spacial score (nSPS) is 12.9. The van der Waals surface area contributed by atoms with Gasteiger partial charge in [-0.1, -0.05) is 12.1 Å². The van der Waals surface area contributed by atoms with Crippen molar-refractivity contribution in [1.82, 2.24) is 9.38 Å². The van der Waals surface area contributed by atoms with E-state index in [1.54, 1.807) is 23.5 Å². The van der Waals surface area contributed by atoms with Crippen molar-refractivity contribution in [1.29, 1.82) is 0 Å². The van der Waals surface area contributed by atoms with E-state index in [9.17, 15) is 9.50 Å². The SMILES string of the molecule is OCC(Cc1cn2ccsc2n1)c1ccc(F)cc1. The van der Waals surface area contributed by atoms with Gasteiger partial charge in [0.2, 0.25) is 0 Å². The molecule has 98 valence electrons. The molecule has 0 fully saturated rings. The molecule has 0 spiro atoms. The Kier molecular flexibility index (Phi) is 3.31. The van der Waals surface area contributed by atoms with E-state index in [4.69, 9.17) is 0 Å². The first-order valence-corrected chi connectivity index (χ1v) is 6.91. The van der Waals surface area contributed by atoms with Crippen molar-refractivity contribution in [2.24, 2.45) is 0 Å². The molecule has 3 nitrogen and oxygen atoms in total. The average Bonchev–Trinajstić information content (AvgIpc) is 2.98. The van der Waals surface area contributed by atoms with Crippen LogP contribution in [-0.2, 0) is 6.42 Å². The minimum Gasteiger partial charge on any atom is -0.396 e. The second kappa shape index (κ2) is 5.11. The molecule has 19 heavy (non-hydrogen) atoms. The summed E-state index contributed by atoms with van der Waals surface area (Å²) in [7, 11) is 0. The minimum absolute atomic E-state index is 0.0246. The average molecular weight is 276 g/mol. The van der Waals surface area contributed by atoms with E-state index in [2.05, 4.69) is 4.98 Å². The molecule has 0 aliphatic heterocycles. The van der Waals surface area contributed by atoms with E-state index < -0.39 is 0 Å². The highest BCUT2D eigenvalue weighted by Gasteiger charge is 2.14. The van der Waals surface area contributed by atoms with E-state index in [-0.39, 0.29) is 18.3 Å². The lowest BCUT2D eigenvalue weighted by atomic mass is 9.95. The van der Waals surface area contributed by atoms with Crippen molar-refractivity contribution in [2.75, 3.05) is 6.61 Å². The van der Waals surface area contributed by atoms with Crippen LogP contribution in [-0.4, -0.2) is 21.1 Å². The fraction of sp³-hybridized carbons (Fsp3) is 0.214. The van der Waals surface area contributed by atoms with Crippen LogP contribution >= 0.6 is 11.3 Å². The third kappa shape index (κ3) is 2.52. The van der Waals surface area contributed by atoms with Crippen molar-refractivity contribution < 1.29 is 9.50 Å². The molecule has 1 unspecified atom stereocenters. The molecule has 0 saturated carbocycles. The van der Waals surface area contributed by atoms with Crippen molar-refractivity contribution in [3.63, 3.8) is 0 Å². The first-order chi connectivity index (χ1) is 9.26. The lowest BCUT2D eigenvalue weighted by molar-refractivity contribution is 0.264. The van der Waals surface area contributed by atoms with Crippen molar-refractivity contribution in [3.8, 4) is 0 Å². The predicted octanol–water partition coefficient (Wildman–Crippen LogP) is 2.85. The van der Waals surface area contributed by atoms with E-state index in [0.717, 1.165) is 16.2 Å². The van der Waals surface area contributed by atoms with Crippen LogP contribution in [0.5, 0.6) is 0 Å². The van der Waals surface area contributed by atoms with Gasteiger partial charge in [-0.2, -0.15) is 0 Å². The molecule has 0 amide bonds. The van der Waals surface area contributed by atoms with Crippen LogP contribution in [0.1, 0.15) is 17.2 Å². The number of halogens is 1. The number of imidazole rings is 1. The summed E-state index contributed by atoms with van der Waals surface area (Å²) in [6.07, 6.45) is 4.58. The van der Waals surface area contributed by atoms with Gasteiger partial charge in [-0.05, 0) is 17.7 Å². The van der Waals surface area contributed by atoms with Gasteiger partial charge in [-0.15, -0.1) is 11.3 Å². The van der Waals surface area contributed by atoms with E-state index >= 15 is 0 Å². The number of benzene rings is 1. The maximum absolute atomic E-state index is 12.9. The van der Waals surface area contributed by atoms with Crippen LogP contribution in [0.2, 0.25) is 0 Å². The zero-order valence-electron chi connectivity index (χ0n) is 10.2. The molecular weight excluding hydrogens is 263 g/mol. The molecule has 1 atom stereocenters. The van der Waals surface area contributed by atoms with Crippen molar-refractivity contribution >= 4 is 16.3 Å². The van der Waals surface area contributed by atoms with Gasteiger partial charge in [0.15, 0.2) is 4.96 Å². The first kappa shape index (κ1) is 12.3. The van der Waals surface area contributed by atoms with Crippen LogP contribution in [0.4, 0.5) is 4.39 Å². The number of hydrogen-bond acceptors (Lipinski definition) is 3. The van der Waals surface area contributed by atoms with Crippen LogP contribution in [0.25, 0.3) is 4.96 Å². The summed E-state index contributed by atoms with van der Waals surface area (Å²) in [6, 6.07) is 6.27. The number of aliphatic hydroxyl groups excluding tert-OH is 1. The highest BCUT2D eigenvalue weighted by Crippen LogP contribution is 2.22. The number of rotatable bonds is 4. The monoisotopic (exact) mass is 276 g/mol. The largest absolute Gasteiger partial charge is 0.396 e. The number of aliphatic hydroxyl groups is 1. The molecule has 3 aromatic rings. The lowest BCUT2D eigenvalue weighted by Gasteiger charge is -2.12. The Hall–Kier alpha value is -1.72. The number of nitrogens with zero attached hydrogens (tertiary/aromatic N) is 2. The maximum atomic E-state index is 12.9. The van der Waals surface area contributed by atoms with E-state index in [1.165, 1.54) is 12.1 Å². The molecule has 0 aliphatic carbocycles. The lowest BCUT2D eigenvalue weighted by Crippen LogP contribution is -2.08. The van der Waals surface area contributed by atoms with Crippen LogP contribution in [0.15, 0.2) is 42.0 Å². The second-order valence-corrected chi connectivity index (χ2v) is 5.33. The molecule has 5 heteroatoms. The topological polar surface area (TPSA) is 37.5 Å². The smallest absolute Gasteiger partial charge is 0.193 e. The Morgan fingerprint density at radius 3 is 2.79 bits per heavy atom. The van der Waals surface area contributed by atoms with Gasteiger partial charge in [0, 0.05) is 30.1 Å². The summed E-state index contributed by atoms with van der Waals surface area (Å²) < 4.78 is 14.9. The fourth-order valence-corrected chi connectivity index (χ4v) is 2.87. The standard InChI is InChI=1S/C14H13FN2OS/c15-12-3-1-10(2-4-12)11(9-18)7-13-8-17-5-6-19-14(17)16-13/h1-6,8,11,18H,7,9H2. The molecule has 0 saturated heterocycles. The number of aromatic nitrogens is 2. The second-order valence-electron chi connectivity index (χ2n) is 4.46. The summed E-state index contributed by atoms with van der Waals surface area (Å²) in [4.78, 5) is 5.45. The Labute approximate surface area is 114 Å². The Morgan fingerprint density at radius 2 is 2.11 bits per heavy atom. The van der Waals surface area contributed by atoms with Gasteiger partial charge in [-0.3, -0.25) is 4.40 Å². The van der Waals surface area contributed by atoms with Crippen LogP contribution in [0.3, 0.4) is 0 Å². The molecule has 1 aromatic carbocycles. The number of fused-ring (bicyclic) bond motifs is 1.